The molecule has 1 atom stereocenters. The average molecular weight is 231 g/mol. The molecule has 3 N–H and O–H groups in total. The molecular formula is C13H17N3O. The summed E-state index contributed by atoms with van der Waals surface area (Å²) in [6.07, 6.45) is 3.49. The first kappa shape index (κ1) is 11.7. The minimum atomic E-state index is -0.227. The standard InChI is InChI=1S/C13H17N3O/c1-8-7-11(17-3)9(2)6-10(8)12(14)13-15-4-5-16-13/h4-7,12H,14H2,1-3H3,(H,15,16). The van der Waals surface area contributed by atoms with E-state index in [1.54, 1.807) is 19.5 Å². The van der Waals surface area contributed by atoms with Crippen molar-refractivity contribution >= 4 is 0 Å². The van der Waals surface area contributed by atoms with E-state index in [2.05, 4.69) is 16.0 Å². The molecule has 0 amide bonds. The lowest BCUT2D eigenvalue weighted by molar-refractivity contribution is 0.411. The van der Waals surface area contributed by atoms with Gasteiger partial charge in [0.2, 0.25) is 0 Å². The molecule has 2 aromatic rings. The van der Waals surface area contributed by atoms with E-state index in [1.165, 1.54) is 0 Å². The number of H-pyrrole nitrogens is 1. The van der Waals surface area contributed by atoms with Crippen LogP contribution in [-0.4, -0.2) is 17.1 Å². The SMILES string of the molecule is COc1cc(C)c(C(N)c2ncc[nH]2)cc1C. The largest absolute Gasteiger partial charge is 0.496 e. The number of rotatable bonds is 3. The van der Waals surface area contributed by atoms with Gasteiger partial charge in [-0.25, -0.2) is 4.98 Å². The number of aromatic nitrogens is 2. The summed E-state index contributed by atoms with van der Waals surface area (Å²) in [4.78, 5) is 7.24. The molecule has 1 aromatic carbocycles. The van der Waals surface area contributed by atoms with Gasteiger partial charge in [-0.15, -0.1) is 0 Å². The summed E-state index contributed by atoms with van der Waals surface area (Å²) in [7, 11) is 1.67. The number of nitrogens with zero attached hydrogens (tertiary/aromatic N) is 1. The minimum absolute atomic E-state index is 0.227. The van der Waals surface area contributed by atoms with Crippen molar-refractivity contribution in [2.75, 3.05) is 7.11 Å². The smallest absolute Gasteiger partial charge is 0.127 e. The molecule has 17 heavy (non-hydrogen) atoms. The Bertz CT molecular complexity index is 506. The van der Waals surface area contributed by atoms with E-state index in [1.807, 2.05) is 19.9 Å². The Morgan fingerprint density at radius 3 is 2.65 bits per heavy atom. The molecule has 0 bridgehead atoms. The third-order valence-corrected chi connectivity index (χ3v) is 2.93. The van der Waals surface area contributed by atoms with Gasteiger partial charge in [0.15, 0.2) is 0 Å². The van der Waals surface area contributed by atoms with Gasteiger partial charge in [0.1, 0.15) is 11.6 Å². The van der Waals surface area contributed by atoms with E-state index in [4.69, 9.17) is 10.5 Å². The number of nitrogens with one attached hydrogen (secondary N) is 1. The highest BCUT2D eigenvalue weighted by molar-refractivity contribution is 5.44. The van der Waals surface area contributed by atoms with Crippen LogP contribution in [0.15, 0.2) is 24.5 Å². The molecule has 1 heterocycles. The molecule has 0 saturated heterocycles. The molecule has 2 rings (SSSR count). The van der Waals surface area contributed by atoms with Crippen molar-refractivity contribution in [2.24, 2.45) is 5.73 Å². The van der Waals surface area contributed by atoms with Crippen molar-refractivity contribution < 1.29 is 4.74 Å². The molecule has 4 heteroatoms. The highest BCUT2D eigenvalue weighted by Crippen LogP contribution is 2.27. The van der Waals surface area contributed by atoms with E-state index in [0.29, 0.717) is 0 Å². The number of aryl methyl sites for hydroxylation is 2. The van der Waals surface area contributed by atoms with Gasteiger partial charge in [0.25, 0.3) is 0 Å². The fourth-order valence-electron chi connectivity index (χ4n) is 1.96. The zero-order valence-corrected chi connectivity index (χ0v) is 10.3. The lowest BCUT2D eigenvalue weighted by atomic mass is 9.98. The van der Waals surface area contributed by atoms with Gasteiger partial charge in [-0.05, 0) is 36.6 Å². The maximum absolute atomic E-state index is 6.19. The van der Waals surface area contributed by atoms with Gasteiger partial charge in [-0.3, -0.25) is 0 Å². The van der Waals surface area contributed by atoms with E-state index in [9.17, 15) is 0 Å². The molecule has 0 aliphatic heterocycles. The Kier molecular flexibility index (Phi) is 3.15. The summed E-state index contributed by atoms with van der Waals surface area (Å²) in [5.41, 5.74) is 9.44. The van der Waals surface area contributed by atoms with Gasteiger partial charge in [-0.1, -0.05) is 6.07 Å². The van der Waals surface area contributed by atoms with E-state index < -0.39 is 0 Å². The minimum Gasteiger partial charge on any atom is -0.496 e. The van der Waals surface area contributed by atoms with Gasteiger partial charge in [0.05, 0.1) is 13.2 Å². The van der Waals surface area contributed by atoms with Crippen LogP contribution in [0, 0.1) is 13.8 Å². The maximum Gasteiger partial charge on any atom is 0.127 e. The molecule has 0 spiro atoms. The second-order valence-corrected chi connectivity index (χ2v) is 4.13. The first-order chi connectivity index (χ1) is 8.13. The molecule has 4 nitrogen and oxygen atoms in total. The zero-order valence-electron chi connectivity index (χ0n) is 10.3. The van der Waals surface area contributed by atoms with Crippen LogP contribution in [0.1, 0.15) is 28.6 Å². The lowest BCUT2D eigenvalue weighted by Crippen LogP contribution is -2.15. The Morgan fingerprint density at radius 1 is 1.29 bits per heavy atom. The molecular weight excluding hydrogens is 214 g/mol. The Balaban J connectivity index is 2.42. The normalized spacial score (nSPS) is 12.5. The predicted molar refractivity (Wildman–Crippen MR) is 67.1 cm³/mol. The number of hydrogen-bond acceptors (Lipinski definition) is 3. The molecule has 1 aromatic heterocycles. The molecule has 0 fully saturated rings. The van der Waals surface area contributed by atoms with Gasteiger partial charge in [-0.2, -0.15) is 0 Å². The van der Waals surface area contributed by atoms with Crippen molar-refractivity contribution in [3.8, 4) is 5.75 Å². The second-order valence-electron chi connectivity index (χ2n) is 4.13. The first-order valence-electron chi connectivity index (χ1n) is 5.53. The lowest BCUT2D eigenvalue weighted by Gasteiger charge is -2.15. The van der Waals surface area contributed by atoms with Crippen LogP contribution in [0.4, 0.5) is 0 Å². The monoisotopic (exact) mass is 231 g/mol. The van der Waals surface area contributed by atoms with E-state index in [-0.39, 0.29) is 6.04 Å². The maximum atomic E-state index is 6.19. The van der Waals surface area contributed by atoms with Crippen molar-refractivity contribution in [1.29, 1.82) is 0 Å². The summed E-state index contributed by atoms with van der Waals surface area (Å²) < 4.78 is 5.29. The number of imidazole rings is 1. The van der Waals surface area contributed by atoms with E-state index >= 15 is 0 Å². The van der Waals surface area contributed by atoms with E-state index in [0.717, 1.165) is 28.3 Å². The Hall–Kier alpha value is -1.81. The fourth-order valence-corrected chi connectivity index (χ4v) is 1.96. The third kappa shape index (κ3) is 2.17. The summed E-state index contributed by atoms with van der Waals surface area (Å²) in [5.74, 6) is 1.66. The summed E-state index contributed by atoms with van der Waals surface area (Å²) in [5, 5.41) is 0. The average Bonchev–Trinajstić information content (AvgIpc) is 2.84. The van der Waals surface area contributed by atoms with Crippen LogP contribution in [0.25, 0.3) is 0 Å². The van der Waals surface area contributed by atoms with Crippen LogP contribution in [0.2, 0.25) is 0 Å². The molecule has 90 valence electrons. The summed E-state index contributed by atoms with van der Waals surface area (Å²) in [6.45, 7) is 4.04. The highest BCUT2D eigenvalue weighted by Gasteiger charge is 2.15. The Labute approximate surface area is 101 Å². The fraction of sp³-hybridized carbons (Fsp3) is 0.308. The molecule has 0 aliphatic carbocycles. The number of aromatic amines is 1. The van der Waals surface area contributed by atoms with Crippen molar-refractivity contribution in [1.82, 2.24) is 9.97 Å². The van der Waals surface area contributed by atoms with Crippen molar-refractivity contribution in [2.45, 2.75) is 19.9 Å². The summed E-state index contributed by atoms with van der Waals surface area (Å²) >= 11 is 0. The van der Waals surface area contributed by atoms with Crippen LogP contribution >= 0.6 is 0 Å². The Morgan fingerprint density at radius 2 is 2.06 bits per heavy atom. The molecule has 0 saturated carbocycles. The third-order valence-electron chi connectivity index (χ3n) is 2.93. The summed E-state index contributed by atoms with van der Waals surface area (Å²) in [6, 6.07) is 3.84. The molecule has 0 aliphatic rings. The quantitative estimate of drug-likeness (QED) is 0.850. The van der Waals surface area contributed by atoms with Gasteiger partial charge in [0, 0.05) is 12.4 Å². The number of ether oxygens (including phenoxy) is 1. The van der Waals surface area contributed by atoms with Crippen LogP contribution in [0.5, 0.6) is 5.75 Å². The van der Waals surface area contributed by atoms with Gasteiger partial charge < -0.3 is 15.5 Å². The second kappa shape index (κ2) is 4.59. The topological polar surface area (TPSA) is 63.9 Å². The highest BCUT2D eigenvalue weighted by atomic mass is 16.5. The van der Waals surface area contributed by atoms with Crippen molar-refractivity contribution in [3.05, 3.63) is 47.0 Å². The number of benzene rings is 1. The van der Waals surface area contributed by atoms with Crippen molar-refractivity contribution in [3.63, 3.8) is 0 Å². The number of methoxy groups -OCH3 is 1. The van der Waals surface area contributed by atoms with Crippen LogP contribution in [0.3, 0.4) is 0 Å². The van der Waals surface area contributed by atoms with Gasteiger partial charge >= 0.3 is 0 Å². The zero-order chi connectivity index (χ0) is 12.4. The van der Waals surface area contributed by atoms with Crippen LogP contribution in [-0.2, 0) is 0 Å². The first-order valence-corrected chi connectivity index (χ1v) is 5.53. The number of nitrogens with two attached hydrogens (primary N) is 1. The molecule has 0 radical (unpaired) electrons. The van der Waals surface area contributed by atoms with Crippen LogP contribution < -0.4 is 10.5 Å². The number of hydrogen-bond donors (Lipinski definition) is 2. The molecule has 1 unspecified atom stereocenters. The predicted octanol–water partition coefficient (Wildman–Crippen LogP) is 2.08.